The molecule has 3 N–H and O–H groups in total. The van der Waals surface area contributed by atoms with Crippen molar-refractivity contribution in [2.45, 2.75) is 80.5 Å². The van der Waals surface area contributed by atoms with E-state index in [9.17, 15) is 14.7 Å². The summed E-state index contributed by atoms with van der Waals surface area (Å²) >= 11 is 1.76. The number of β-amino-alcohol motifs (C(OH)–C–C–N with tert-alkyl or cyclic N) is 1. The van der Waals surface area contributed by atoms with Crippen LogP contribution in [0.3, 0.4) is 0 Å². The van der Waals surface area contributed by atoms with E-state index in [2.05, 4.69) is 20.5 Å². The van der Waals surface area contributed by atoms with E-state index < -0.39 is 24.3 Å². The molecule has 2 aromatic carbocycles. The molecule has 0 bridgehead atoms. The molecule has 0 spiro atoms. The van der Waals surface area contributed by atoms with Crippen molar-refractivity contribution < 1.29 is 19.4 Å². The summed E-state index contributed by atoms with van der Waals surface area (Å²) in [6.45, 7) is 6.94. The van der Waals surface area contributed by atoms with Gasteiger partial charge in [0.05, 0.1) is 18.2 Å². The fourth-order valence-electron chi connectivity index (χ4n) is 5.08. The lowest BCUT2D eigenvalue weighted by molar-refractivity contribution is -0.129. The van der Waals surface area contributed by atoms with E-state index in [0.29, 0.717) is 19.4 Å². The van der Waals surface area contributed by atoms with Gasteiger partial charge in [0, 0.05) is 41.2 Å². The van der Waals surface area contributed by atoms with Gasteiger partial charge in [0.2, 0.25) is 5.91 Å². The van der Waals surface area contributed by atoms with Gasteiger partial charge in [-0.1, -0.05) is 60.7 Å². The average Bonchev–Trinajstić information content (AvgIpc) is 2.97. The van der Waals surface area contributed by atoms with Gasteiger partial charge in [0.1, 0.15) is 6.61 Å². The topological polar surface area (TPSA) is 104 Å². The number of aliphatic hydroxyl groups is 1. The van der Waals surface area contributed by atoms with Crippen LogP contribution in [0.15, 0.2) is 90.1 Å². The molecule has 0 radical (unpaired) electrons. The molecule has 0 aliphatic carbocycles. The maximum absolute atomic E-state index is 13.5. The molecular weight excluding hydrogens is 548 g/mol. The zero-order valence-electron chi connectivity index (χ0n) is 24.6. The SMILES string of the molecule is CC(C)(C)NC(=O)[C@@H]1C[C@H](Sc2ccncc2)CCN1C[C@@H](O)[C@H](Cc1ccccc1)NC(=O)OCc1ccccc1. The number of ether oxygens (including phenoxy) is 1. The van der Waals surface area contributed by atoms with Crippen molar-refractivity contribution in [3.05, 3.63) is 96.3 Å². The third-order valence-corrected chi connectivity index (χ3v) is 8.42. The Balaban J connectivity index is 1.46. The maximum atomic E-state index is 13.5. The number of thioether (sulfide) groups is 1. The number of piperidine rings is 1. The summed E-state index contributed by atoms with van der Waals surface area (Å²) in [7, 11) is 0. The highest BCUT2D eigenvalue weighted by atomic mass is 32.2. The monoisotopic (exact) mass is 590 g/mol. The van der Waals surface area contributed by atoms with Crippen LogP contribution in [0.4, 0.5) is 4.79 Å². The van der Waals surface area contributed by atoms with E-state index in [1.54, 1.807) is 24.2 Å². The van der Waals surface area contributed by atoms with Crippen LogP contribution in [0.5, 0.6) is 0 Å². The Bertz CT molecular complexity index is 1260. The highest BCUT2D eigenvalue weighted by Gasteiger charge is 2.37. The molecule has 1 fully saturated rings. The lowest BCUT2D eigenvalue weighted by Gasteiger charge is -2.41. The molecular formula is C33H42N4O4S. The largest absolute Gasteiger partial charge is 0.445 e. The van der Waals surface area contributed by atoms with Gasteiger partial charge in [0.25, 0.3) is 0 Å². The van der Waals surface area contributed by atoms with Crippen molar-refractivity contribution in [3.8, 4) is 0 Å². The molecule has 4 atom stereocenters. The molecule has 9 heteroatoms. The average molecular weight is 591 g/mol. The summed E-state index contributed by atoms with van der Waals surface area (Å²) in [6.07, 6.45) is 3.99. The molecule has 42 heavy (non-hydrogen) atoms. The van der Waals surface area contributed by atoms with Gasteiger partial charge < -0.3 is 20.5 Å². The number of rotatable bonds is 11. The number of alkyl carbamates (subject to hydrolysis) is 1. The van der Waals surface area contributed by atoms with Crippen molar-refractivity contribution in [2.24, 2.45) is 0 Å². The van der Waals surface area contributed by atoms with Crippen molar-refractivity contribution in [1.29, 1.82) is 0 Å². The minimum Gasteiger partial charge on any atom is -0.445 e. The Morgan fingerprint density at radius 3 is 2.31 bits per heavy atom. The summed E-state index contributed by atoms with van der Waals surface area (Å²) in [4.78, 5) is 33.6. The third kappa shape index (κ3) is 10.2. The molecule has 3 aromatic rings. The molecule has 1 saturated heterocycles. The number of likely N-dealkylation sites (tertiary alicyclic amines) is 1. The third-order valence-electron chi connectivity index (χ3n) is 7.12. The molecule has 2 heterocycles. The second-order valence-corrected chi connectivity index (χ2v) is 13.1. The number of nitrogens with zero attached hydrogens (tertiary/aromatic N) is 2. The molecule has 224 valence electrons. The van der Waals surface area contributed by atoms with Gasteiger partial charge in [-0.15, -0.1) is 11.8 Å². The standard InChI is InChI=1S/C33H42N4O4S/c1-33(2,3)36-31(39)29-21-27(42-26-14-17-34-18-15-26)16-19-37(29)22-30(38)28(20-24-10-6-4-7-11-24)35-32(40)41-23-25-12-8-5-9-13-25/h4-15,17-18,27-30,38H,16,19-23H2,1-3H3,(H,35,40)(H,36,39)/t27-,28+,29+,30-/m1/s1. The van der Waals surface area contributed by atoms with Crippen LogP contribution in [-0.4, -0.2) is 69.1 Å². The Morgan fingerprint density at radius 2 is 1.67 bits per heavy atom. The van der Waals surface area contributed by atoms with Gasteiger partial charge in [0.15, 0.2) is 0 Å². The second kappa shape index (κ2) is 15.2. The number of benzene rings is 2. The fourth-order valence-corrected chi connectivity index (χ4v) is 6.24. The molecule has 8 nitrogen and oxygen atoms in total. The molecule has 2 amide bonds. The zero-order chi connectivity index (χ0) is 30.0. The first-order valence-electron chi connectivity index (χ1n) is 14.5. The van der Waals surface area contributed by atoms with E-state index in [-0.39, 0.29) is 29.8 Å². The number of nitrogens with one attached hydrogen (secondary N) is 2. The lowest BCUT2D eigenvalue weighted by Crippen LogP contribution is -2.58. The molecule has 1 aliphatic rings. The lowest BCUT2D eigenvalue weighted by atomic mass is 9.96. The number of carbonyl (C=O) groups is 2. The molecule has 0 saturated carbocycles. The summed E-state index contributed by atoms with van der Waals surface area (Å²) in [5.74, 6) is -0.0513. The number of pyridine rings is 1. The van der Waals surface area contributed by atoms with Crippen molar-refractivity contribution in [3.63, 3.8) is 0 Å². The van der Waals surface area contributed by atoms with Crippen LogP contribution >= 0.6 is 11.8 Å². The number of carbonyl (C=O) groups excluding carboxylic acids is 2. The molecule has 4 rings (SSSR count). The van der Waals surface area contributed by atoms with Crippen LogP contribution in [0.2, 0.25) is 0 Å². The van der Waals surface area contributed by atoms with E-state index >= 15 is 0 Å². The first kappa shape index (κ1) is 31.5. The maximum Gasteiger partial charge on any atom is 0.407 e. The van der Waals surface area contributed by atoms with E-state index in [0.717, 1.165) is 22.4 Å². The van der Waals surface area contributed by atoms with Gasteiger partial charge >= 0.3 is 6.09 Å². The Morgan fingerprint density at radius 1 is 1.02 bits per heavy atom. The van der Waals surface area contributed by atoms with Gasteiger partial charge in [-0.2, -0.15) is 0 Å². The summed E-state index contributed by atoms with van der Waals surface area (Å²) in [5.41, 5.74) is 1.49. The predicted molar refractivity (Wildman–Crippen MR) is 166 cm³/mol. The van der Waals surface area contributed by atoms with Crippen molar-refractivity contribution in [2.75, 3.05) is 13.1 Å². The van der Waals surface area contributed by atoms with Crippen LogP contribution in [0.1, 0.15) is 44.7 Å². The van der Waals surface area contributed by atoms with Crippen molar-refractivity contribution >= 4 is 23.8 Å². The Labute approximate surface area is 253 Å². The van der Waals surface area contributed by atoms with Crippen molar-refractivity contribution in [1.82, 2.24) is 20.5 Å². The van der Waals surface area contributed by atoms with E-state index in [4.69, 9.17) is 4.74 Å². The first-order chi connectivity index (χ1) is 20.2. The number of aromatic nitrogens is 1. The Hall–Kier alpha value is -3.40. The van der Waals surface area contributed by atoms with Crippen LogP contribution < -0.4 is 10.6 Å². The van der Waals surface area contributed by atoms with Gasteiger partial charge in [-0.25, -0.2) is 4.79 Å². The van der Waals surface area contributed by atoms with Crippen LogP contribution in [0.25, 0.3) is 0 Å². The predicted octanol–water partition coefficient (Wildman–Crippen LogP) is 4.82. The Kier molecular flexibility index (Phi) is 11.4. The van der Waals surface area contributed by atoms with Crippen LogP contribution in [-0.2, 0) is 22.6 Å². The summed E-state index contributed by atoms with van der Waals surface area (Å²) < 4.78 is 5.48. The number of hydrogen-bond donors (Lipinski definition) is 3. The minimum atomic E-state index is -0.927. The quantitative estimate of drug-likeness (QED) is 0.294. The highest BCUT2D eigenvalue weighted by molar-refractivity contribution is 8.00. The van der Waals surface area contributed by atoms with E-state index in [1.807, 2.05) is 93.6 Å². The van der Waals surface area contributed by atoms with Gasteiger partial charge in [-0.3, -0.25) is 14.7 Å². The number of aliphatic hydroxyl groups excluding tert-OH is 1. The van der Waals surface area contributed by atoms with E-state index in [1.165, 1.54) is 0 Å². The normalized spacial score (nSPS) is 19.0. The molecule has 0 unspecified atom stereocenters. The summed E-state index contributed by atoms with van der Waals surface area (Å²) in [5, 5.41) is 17.8. The minimum absolute atomic E-state index is 0.0513. The zero-order valence-corrected chi connectivity index (χ0v) is 25.4. The van der Waals surface area contributed by atoms with Crippen LogP contribution in [0, 0.1) is 0 Å². The smallest absolute Gasteiger partial charge is 0.407 e. The summed E-state index contributed by atoms with van der Waals surface area (Å²) in [6, 6.07) is 22.2. The molecule has 1 aromatic heterocycles. The first-order valence-corrected chi connectivity index (χ1v) is 15.4. The second-order valence-electron chi connectivity index (χ2n) is 11.8. The van der Waals surface area contributed by atoms with Gasteiger partial charge in [-0.05, 0) is 63.3 Å². The number of amides is 2. The fraction of sp³-hybridized carbons (Fsp3) is 0.424. The number of hydrogen-bond acceptors (Lipinski definition) is 7. The molecule has 1 aliphatic heterocycles. The highest BCUT2D eigenvalue weighted by Crippen LogP contribution is 2.33.